The molecule has 3 aromatic rings. The van der Waals surface area contributed by atoms with Crippen LogP contribution in [-0.4, -0.2) is 22.0 Å². The number of nitrogens with one attached hydrogen (secondary N) is 1. The van der Waals surface area contributed by atoms with Gasteiger partial charge in [0.1, 0.15) is 5.82 Å². The molecule has 0 radical (unpaired) electrons. The molecular weight excluding hydrogens is 466 g/mol. The number of nitriles is 1. The van der Waals surface area contributed by atoms with Gasteiger partial charge >= 0.3 is 5.69 Å². The molecule has 0 saturated carbocycles. The van der Waals surface area contributed by atoms with Gasteiger partial charge in [0.25, 0.3) is 11.5 Å². The number of benzene rings is 2. The first-order valence-electron chi connectivity index (χ1n) is 12.3. The van der Waals surface area contributed by atoms with Gasteiger partial charge in [-0.15, -0.1) is 0 Å². The second kappa shape index (κ2) is 11.9. The number of hydrogen-bond acceptors (Lipinski definition) is 5. The Hall–Kier alpha value is -4.64. The van der Waals surface area contributed by atoms with Gasteiger partial charge in [-0.1, -0.05) is 54.1 Å². The number of nitrogens with zero attached hydrogens (tertiary/aromatic N) is 3. The third kappa shape index (κ3) is 6.33. The van der Waals surface area contributed by atoms with Crippen molar-refractivity contribution in [1.82, 2.24) is 9.55 Å². The Bertz CT molecular complexity index is 1480. The highest BCUT2D eigenvalue weighted by atomic mass is 16.2. The van der Waals surface area contributed by atoms with Crippen molar-refractivity contribution >= 4 is 23.5 Å². The molecule has 0 spiro atoms. The number of allylic oxidation sites excluding steroid dienone is 1. The van der Waals surface area contributed by atoms with Crippen LogP contribution in [0.5, 0.6) is 0 Å². The number of carbonyl (C=O) groups excluding carboxylic acids is 1. The van der Waals surface area contributed by atoms with Crippen molar-refractivity contribution in [2.75, 3.05) is 17.2 Å². The Morgan fingerprint density at radius 2 is 1.86 bits per heavy atom. The molecular formula is C29H29N5O3. The van der Waals surface area contributed by atoms with E-state index < -0.39 is 17.2 Å². The maximum atomic E-state index is 13.4. The standard InChI is InChI=1S/C29H29N5O3/c30-19-23-13-11-22(12-14-23)15-16-25(35)33(18-17-21-7-3-1-4-8-21)26-27(31)34(29(37)32-28(26)36)20-24-9-5-2-6-10-24/h2,5-7,9-16H,1,3-4,8,17-18,20,31H2,(H,32,36,37)/b16-15+. The van der Waals surface area contributed by atoms with Gasteiger partial charge in [-0.25, -0.2) is 4.79 Å². The highest BCUT2D eigenvalue weighted by molar-refractivity contribution is 6.05. The lowest BCUT2D eigenvalue weighted by molar-refractivity contribution is -0.114. The monoisotopic (exact) mass is 495 g/mol. The van der Waals surface area contributed by atoms with Crippen LogP contribution < -0.4 is 21.9 Å². The van der Waals surface area contributed by atoms with Gasteiger partial charge in [0, 0.05) is 12.6 Å². The SMILES string of the molecule is N#Cc1ccc(/C=C/C(=O)N(CCC2=CCCCC2)c2c(N)n(Cc3ccccc3)c(=O)[nH]c2=O)cc1. The quantitative estimate of drug-likeness (QED) is 0.361. The van der Waals surface area contributed by atoms with Crippen molar-refractivity contribution in [3.8, 4) is 6.07 Å². The van der Waals surface area contributed by atoms with Gasteiger partial charge in [0.2, 0.25) is 0 Å². The van der Waals surface area contributed by atoms with Crippen molar-refractivity contribution in [3.63, 3.8) is 0 Å². The van der Waals surface area contributed by atoms with Crippen LogP contribution in [0.25, 0.3) is 6.08 Å². The average molecular weight is 496 g/mol. The Labute approximate surface area is 215 Å². The van der Waals surface area contributed by atoms with Crippen LogP contribution >= 0.6 is 0 Å². The fraction of sp³-hybridized carbons (Fsp3) is 0.241. The first-order valence-corrected chi connectivity index (χ1v) is 12.3. The maximum absolute atomic E-state index is 13.4. The number of nitrogen functional groups attached to an aromatic ring is 1. The summed E-state index contributed by atoms with van der Waals surface area (Å²) in [6, 6.07) is 18.2. The van der Waals surface area contributed by atoms with E-state index in [0.29, 0.717) is 12.0 Å². The smallest absolute Gasteiger partial charge is 0.330 e. The molecule has 0 unspecified atom stereocenters. The number of aromatic amines is 1. The van der Waals surface area contributed by atoms with E-state index >= 15 is 0 Å². The number of nitrogens with two attached hydrogens (primary N) is 1. The molecule has 1 aliphatic rings. The number of H-pyrrole nitrogens is 1. The van der Waals surface area contributed by atoms with E-state index in [2.05, 4.69) is 17.1 Å². The van der Waals surface area contributed by atoms with Gasteiger partial charge < -0.3 is 10.6 Å². The lowest BCUT2D eigenvalue weighted by Gasteiger charge is -2.24. The molecule has 0 bridgehead atoms. The van der Waals surface area contributed by atoms with Gasteiger partial charge in [-0.05, 0) is 61.4 Å². The minimum Gasteiger partial charge on any atom is -0.383 e. The summed E-state index contributed by atoms with van der Waals surface area (Å²) < 4.78 is 1.27. The topological polar surface area (TPSA) is 125 Å². The summed E-state index contributed by atoms with van der Waals surface area (Å²) in [6.07, 6.45) is 10.0. The van der Waals surface area contributed by atoms with E-state index in [1.165, 1.54) is 21.1 Å². The first-order chi connectivity index (χ1) is 18.0. The van der Waals surface area contributed by atoms with Crippen LogP contribution in [0.4, 0.5) is 11.5 Å². The molecule has 37 heavy (non-hydrogen) atoms. The van der Waals surface area contributed by atoms with Gasteiger partial charge in [0.15, 0.2) is 5.69 Å². The molecule has 1 aromatic heterocycles. The molecule has 0 aliphatic heterocycles. The predicted molar refractivity (Wildman–Crippen MR) is 145 cm³/mol. The average Bonchev–Trinajstić information content (AvgIpc) is 2.92. The molecule has 0 fully saturated rings. The van der Waals surface area contributed by atoms with Gasteiger partial charge in [0.05, 0.1) is 18.2 Å². The molecule has 1 heterocycles. The molecule has 0 saturated heterocycles. The highest BCUT2D eigenvalue weighted by Gasteiger charge is 2.23. The summed E-state index contributed by atoms with van der Waals surface area (Å²) in [5.74, 6) is -0.488. The molecule has 0 atom stereocenters. The highest BCUT2D eigenvalue weighted by Crippen LogP contribution is 2.24. The van der Waals surface area contributed by atoms with Crippen LogP contribution in [0.3, 0.4) is 0 Å². The fourth-order valence-electron chi connectivity index (χ4n) is 4.41. The number of anilines is 2. The lowest BCUT2D eigenvalue weighted by Crippen LogP contribution is -2.41. The number of rotatable bonds is 8. The number of aromatic nitrogens is 2. The number of carbonyl (C=O) groups is 1. The van der Waals surface area contributed by atoms with Crippen LogP contribution in [-0.2, 0) is 11.3 Å². The van der Waals surface area contributed by atoms with Crippen molar-refractivity contribution in [3.05, 3.63) is 110 Å². The zero-order valence-electron chi connectivity index (χ0n) is 20.5. The van der Waals surface area contributed by atoms with E-state index in [1.807, 2.05) is 30.3 Å². The third-order valence-corrected chi connectivity index (χ3v) is 6.43. The molecule has 8 heteroatoms. The molecule has 2 aromatic carbocycles. The fourth-order valence-corrected chi connectivity index (χ4v) is 4.41. The lowest BCUT2D eigenvalue weighted by atomic mass is 9.97. The summed E-state index contributed by atoms with van der Waals surface area (Å²) in [7, 11) is 0. The van der Waals surface area contributed by atoms with Crippen LogP contribution in [0.1, 0.15) is 48.8 Å². The van der Waals surface area contributed by atoms with E-state index in [4.69, 9.17) is 11.0 Å². The van der Waals surface area contributed by atoms with Crippen LogP contribution in [0.15, 0.2) is 81.9 Å². The van der Waals surface area contributed by atoms with Crippen molar-refractivity contribution in [2.45, 2.75) is 38.6 Å². The second-order valence-electron chi connectivity index (χ2n) is 8.98. The molecule has 1 aliphatic carbocycles. The first kappa shape index (κ1) is 25.5. The number of amides is 1. The Kier molecular flexibility index (Phi) is 8.16. The minimum atomic E-state index is -0.704. The predicted octanol–water partition coefficient (Wildman–Crippen LogP) is 3.98. The zero-order valence-corrected chi connectivity index (χ0v) is 20.5. The normalized spacial score (nSPS) is 13.2. The summed E-state index contributed by atoms with van der Waals surface area (Å²) in [5.41, 5.74) is 8.35. The second-order valence-corrected chi connectivity index (χ2v) is 8.98. The summed E-state index contributed by atoms with van der Waals surface area (Å²) in [4.78, 5) is 42.8. The van der Waals surface area contributed by atoms with E-state index in [9.17, 15) is 14.4 Å². The Morgan fingerprint density at radius 3 is 2.54 bits per heavy atom. The van der Waals surface area contributed by atoms with E-state index in [0.717, 1.165) is 36.8 Å². The summed E-state index contributed by atoms with van der Waals surface area (Å²) in [6.45, 7) is 0.406. The molecule has 4 rings (SSSR count). The van der Waals surface area contributed by atoms with E-state index in [1.54, 1.807) is 30.3 Å². The Morgan fingerprint density at radius 1 is 1.11 bits per heavy atom. The molecule has 3 N–H and O–H groups in total. The molecule has 8 nitrogen and oxygen atoms in total. The van der Waals surface area contributed by atoms with Crippen molar-refractivity contribution < 1.29 is 4.79 Å². The third-order valence-electron chi connectivity index (χ3n) is 6.43. The maximum Gasteiger partial charge on any atom is 0.330 e. The largest absolute Gasteiger partial charge is 0.383 e. The molecule has 188 valence electrons. The summed E-state index contributed by atoms with van der Waals surface area (Å²) in [5, 5.41) is 9.00. The summed E-state index contributed by atoms with van der Waals surface area (Å²) >= 11 is 0. The van der Waals surface area contributed by atoms with Crippen LogP contribution in [0.2, 0.25) is 0 Å². The van der Waals surface area contributed by atoms with Gasteiger partial charge in [-0.2, -0.15) is 5.26 Å². The zero-order chi connectivity index (χ0) is 26.2. The molecule has 1 amide bonds. The van der Waals surface area contributed by atoms with Crippen molar-refractivity contribution in [2.24, 2.45) is 0 Å². The number of hydrogen-bond donors (Lipinski definition) is 2. The van der Waals surface area contributed by atoms with Crippen LogP contribution in [0, 0.1) is 11.3 Å². The Balaban J connectivity index is 1.69. The minimum absolute atomic E-state index is 0.0404. The van der Waals surface area contributed by atoms with Gasteiger partial charge in [-0.3, -0.25) is 19.1 Å². The van der Waals surface area contributed by atoms with E-state index in [-0.39, 0.29) is 24.6 Å². The van der Waals surface area contributed by atoms with Crippen molar-refractivity contribution in [1.29, 1.82) is 5.26 Å².